The predicted octanol–water partition coefficient (Wildman–Crippen LogP) is 5.90. The molecule has 0 atom stereocenters. The SMILES string of the molecule is Cn1c(=O)c(-c2c(Cl)ccc(NC(=O)c3ccc(CCl)cc3)c2Cl)cc2cnccc21. The number of nitrogens with zero attached hydrogens (tertiary/aromatic N) is 2. The number of amides is 1. The molecule has 0 unspecified atom stereocenters. The summed E-state index contributed by atoms with van der Waals surface area (Å²) in [5, 5.41) is 4.03. The Labute approximate surface area is 193 Å². The Morgan fingerprint density at radius 1 is 1.10 bits per heavy atom. The fourth-order valence-corrected chi connectivity index (χ4v) is 4.14. The summed E-state index contributed by atoms with van der Waals surface area (Å²) in [6, 6.07) is 13.6. The fraction of sp³-hybridized carbons (Fsp3) is 0.0870. The third-order valence-corrected chi connectivity index (χ3v) is 6.02. The van der Waals surface area contributed by atoms with Crippen LogP contribution in [0.1, 0.15) is 15.9 Å². The number of alkyl halides is 1. The van der Waals surface area contributed by atoms with Crippen molar-refractivity contribution in [2.45, 2.75) is 5.88 Å². The van der Waals surface area contributed by atoms with Crippen LogP contribution >= 0.6 is 34.8 Å². The van der Waals surface area contributed by atoms with Crippen molar-refractivity contribution in [2.75, 3.05) is 5.32 Å². The van der Waals surface area contributed by atoms with Crippen LogP contribution in [0.2, 0.25) is 10.0 Å². The summed E-state index contributed by atoms with van der Waals surface area (Å²) in [7, 11) is 1.67. The Bertz CT molecular complexity index is 1370. The fourth-order valence-electron chi connectivity index (χ4n) is 3.34. The van der Waals surface area contributed by atoms with Crippen molar-refractivity contribution < 1.29 is 4.79 Å². The van der Waals surface area contributed by atoms with E-state index in [0.29, 0.717) is 33.3 Å². The van der Waals surface area contributed by atoms with Crippen molar-refractivity contribution in [1.29, 1.82) is 0 Å². The Hall–Kier alpha value is -2.86. The lowest BCUT2D eigenvalue weighted by Gasteiger charge is -2.14. The lowest BCUT2D eigenvalue weighted by molar-refractivity contribution is 0.102. The number of hydrogen-bond acceptors (Lipinski definition) is 3. The van der Waals surface area contributed by atoms with Gasteiger partial charge < -0.3 is 9.88 Å². The van der Waals surface area contributed by atoms with Crippen LogP contribution in [0.15, 0.2) is 65.7 Å². The Morgan fingerprint density at radius 3 is 2.55 bits per heavy atom. The summed E-state index contributed by atoms with van der Waals surface area (Å²) < 4.78 is 1.52. The third-order valence-electron chi connectivity index (χ3n) is 5.00. The maximum Gasteiger partial charge on any atom is 0.258 e. The number of halogens is 3. The molecule has 0 spiro atoms. The molecule has 1 N–H and O–H groups in total. The number of hydrogen-bond donors (Lipinski definition) is 1. The molecule has 2 aromatic heterocycles. The molecule has 1 amide bonds. The van der Waals surface area contributed by atoms with E-state index < -0.39 is 0 Å². The van der Waals surface area contributed by atoms with Gasteiger partial charge in [0, 0.05) is 41.8 Å². The highest BCUT2D eigenvalue weighted by atomic mass is 35.5. The number of aromatic nitrogens is 2. The average molecular weight is 473 g/mol. The van der Waals surface area contributed by atoms with Gasteiger partial charge in [0.15, 0.2) is 0 Å². The standard InChI is InChI=1S/C23H16Cl3N3O2/c1-29-19-8-9-27-12-15(19)10-16(23(29)31)20-17(25)6-7-18(21(20)26)28-22(30)14-4-2-13(11-24)3-5-14/h2-10,12H,11H2,1H3,(H,28,30). The molecular weight excluding hydrogens is 457 g/mol. The summed E-state index contributed by atoms with van der Waals surface area (Å²) in [5.74, 6) is 0.0248. The molecule has 0 aliphatic carbocycles. The zero-order chi connectivity index (χ0) is 22.1. The van der Waals surface area contributed by atoms with Gasteiger partial charge in [-0.3, -0.25) is 14.6 Å². The second kappa shape index (κ2) is 8.71. The van der Waals surface area contributed by atoms with Crippen LogP contribution in [0.4, 0.5) is 5.69 Å². The number of nitrogens with one attached hydrogen (secondary N) is 1. The second-order valence-electron chi connectivity index (χ2n) is 6.93. The Balaban J connectivity index is 1.78. The van der Waals surface area contributed by atoms with Gasteiger partial charge in [-0.05, 0) is 42.0 Å². The van der Waals surface area contributed by atoms with Gasteiger partial charge in [-0.2, -0.15) is 0 Å². The van der Waals surface area contributed by atoms with E-state index in [9.17, 15) is 9.59 Å². The van der Waals surface area contributed by atoms with E-state index in [-0.39, 0.29) is 16.5 Å². The molecule has 0 radical (unpaired) electrons. The number of benzene rings is 2. The van der Waals surface area contributed by atoms with Crippen LogP contribution in [-0.2, 0) is 12.9 Å². The lowest BCUT2D eigenvalue weighted by atomic mass is 10.0. The molecule has 4 aromatic rings. The zero-order valence-corrected chi connectivity index (χ0v) is 18.6. The number of pyridine rings is 2. The van der Waals surface area contributed by atoms with Gasteiger partial charge in [-0.1, -0.05) is 35.3 Å². The first-order chi connectivity index (χ1) is 14.9. The number of aryl methyl sites for hydroxylation is 1. The molecule has 2 aromatic carbocycles. The third kappa shape index (κ3) is 4.04. The van der Waals surface area contributed by atoms with Crippen molar-refractivity contribution in [3.05, 3.63) is 92.5 Å². The van der Waals surface area contributed by atoms with Gasteiger partial charge >= 0.3 is 0 Å². The molecule has 31 heavy (non-hydrogen) atoms. The van der Waals surface area contributed by atoms with E-state index in [1.54, 1.807) is 68.0 Å². The second-order valence-corrected chi connectivity index (χ2v) is 7.98. The molecule has 5 nitrogen and oxygen atoms in total. The highest BCUT2D eigenvalue weighted by molar-refractivity contribution is 6.41. The monoisotopic (exact) mass is 471 g/mol. The topological polar surface area (TPSA) is 64.0 Å². The van der Waals surface area contributed by atoms with Crippen LogP contribution in [0.25, 0.3) is 22.0 Å². The number of carbonyl (C=O) groups is 1. The van der Waals surface area contributed by atoms with Crippen molar-refractivity contribution in [3.8, 4) is 11.1 Å². The van der Waals surface area contributed by atoms with Gasteiger partial charge in [0.05, 0.1) is 26.8 Å². The van der Waals surface area contributed by atoms with Crippen molar-refractivity contribution >= 4 is 57.3 Å². The average Bonchev–Trinajstić information content (AvgIpc) is 2.79. The van der Waals surface area contributed by atoms with Crippen LogP contribution < -0.4 is 10.9 Å². The summed E-state index contributed by atoms with van der Waals surface area (Å²) in [6.45, 7) is 0. The smallest absolute Gasteiger partial charge is 0.258 e. The molecule has 0 saturated heterocycles. The Morgan fingerprint density at radius 2 is 1.84 bits per heavy atom. The normalized spacial score (nSPS) is 11.0. The van der Waals surface area contributed by atoms with Gasteiger partial charge in [-0.25, -0.2) is 0 Å². The number of carbonyl (C=O) groups excluding carboxylic acids is 1. The molecule has 156 valence electrons. The van der Waals surface area contributed by atoms with Crippen molar-refractivity contribution in [2.24, 2.45) is 7.05 Å². The molecule has 4 rings (SSSR count). The molecule has 0 aliphatic heterocycles. The van der Waals surface area contributed by atoms with Crippen LogP contribution in [-0.4, -0.2) is 15.5 Å². The minimum atomic E-state index is -0.341. The van der Waals surface area contributed by atoms with Crippen LogP contribution in [0.3, 0.4) is 0 Å². The zero-order valence-electron chi connectivity index (χ0n) is 16.3. The number of fused-ring (bicyclic) bond motifs is 1. The van der Waals surface area contributed by atoms with E-state index in [1.807, 2.05) is 0 Å². The molecule has 0 fully saturated rings. The molecule has 0 bridgehead atoms. The molecule has 0 saturated carbocycles. The van der Waals surface area contributed by atoms with Crippen molar-refractivity contribution in [1.82, 2.24) is 9.55 Å². The van der Waals surface area contributed by atoms with Crippen LogP contribution in [0.5, 0.6) is 0 Å². The summed E-state index contributed by atoms with van der Waals surface area (Å²) >= 11 is 18.8. The Kier molecular flexibility index (Phi) is 6.01. The maximum atomic E-state index is 13.0. The first kappa shape index (κ1) is 21.4. The van der Waals surface area contributed by atoms with E-state index >= 15 is 0 Å². The summed E-state index contributed by atoms with van der Waals surface area (Å²) in [4.78, 5) is 29.8. The van der Waals surface area contributed by atoms with Gasteiger partial charge in [0.2, 0.25) is 0 Å². The highest BCUT2D eigenvalue weighted by Crippen LogP contribution is 2.39. The molecule has 0 aliphatic rings. The quantitative estimate of drug-likeness (QED) is 0.376. The summed E-state index contributed by atoms with van der Waals surface area (Å²) in [5.41, 5.74) is 2.86. The largest absolute Gasteiger partial charge is 0.321 e. The van der Waals surface area contributed by atoms with E-state index in [0.717, 1.165) is 16.5 Å². The maximum absolute atomic E-state index is 13.0. The van der Waals surface area contributed by atoms with Crippen molar-refractivity contribution in [3.63, 3.8) is 0 Å². The minimum Gasteiger partial charge on any atom is -0.321 e. The minimum absolute atomic E-state index is 0.179. The number of rotatable bonds is 4. The first-order valence-electron chi connectivity index (χ1n) is 9.29. The summed E-state index contributed by atoms with van der Waals surface area (Å²) in [6.07, 6.45) is 3.29. The number of anilines is 1. The van der Waals surface area contributed by atoms with Gasteiger partial charge in [0.25, 0.3) is 11.5 Å². The first-order valence-corrected chi connectivity index (χ1v) is 10.6. The van der Waals surface area contributed by atoms with Gasteiger partial charge in [0.1, 0.15) is 0 Å². The molecule has 2 heterocycles. The highest BCUT2D eigenvalue weighted by Gasteiger charge is 2.19. The molecular formula is C23H16Cl3N3O2. The molecule has 8 heteroatoms. The van der Waals surface area contributed by atoms with Crippen LogP contribution in [0, 0.1) is 0 Å². The predicted molar refractivity (Wildman–Crippen MR) is 126 cm³/mol. The van der Waals surface area contributed by atoms with Gasteiger partial charge in [-0.15, -0.1) is 11.6 Å². The lowest BCUT2D eigenvalue weighted by Crippen LogP contribution is -2.19. The van der Waals surface area contributed by atoms with E-state index in [2.05, 4.69) is 10.3 Å². The van der Waals surface area contributed by atoms with E-state index in [4.69, 9.17) is 34.8 Å². The van der Waals surface area contributed by atoms with E-state index in [1.165, 1.54) is 4.57 Å².